The minimum absolute atomic E-state index is 0.0569. The molecule has 0 spiro atoms. The number of rotatable bonds is 6. The molecule has 2 atom stereocenters. The van der Waals surface area contributed by atoms with Crippen molar-refractivity contribution in [3.05, 3.63) is 35.9 Å². The third-order valence-corrected chi connectivity index (χ3v) is 6.46. The summed E-state index contributed by atoms with van der Waals surface area (Å²) in [5, 5.41) is -0.403. The van der Waals surface area contributed by atoms with Gasteiger partial charge >= 0.3 is 0 Å². The van der Waals surface area contributed by atoms with E-state index in [-0.39, 0.29) is 11.9 Å². The van der Waals surface area contributed by atoms with Crippen molar-refractivity contribution < 1.29 is 13.2 Å². The molecule has 5 heteroatoms. The van der Waals surface area contributed by atoms with Crippen LogP contribution in [0.5, 0.6) is 0 Å². The van der Waals surface area contributed by atoms with Gasteiger partial charge in [0.25, 0.3) is 0 Å². The van der Waals surface area contributed by atoms with Gasteiger partial charge in [-0.15, -0.1) is 0 Å². The van der Waals surface area contributed by atoms with E-state index < -0.39 is 15.1 Å². The van der Waals surface area contributed by atoms with Crippen molar-refractivity contribution in [1.29, 1.82) is 0 Å². The maximum Gasteiger partial charge on any atom is 0.222 e. The standard InChI is InChI=1S/C18H27NO3S/c1-19(16-12-6-7-13-17(16)23(2,21)22)18(20)14-8-11-15-9-4-3-5-10-15/h3-5,9-10,16-17H,6-8,11-14H2,1-2H3/t16-,17+/m0/s1. The fraction of sp³-hybridized carbons (Fsp3) is 0.611. The third kappa shape index (κ3) is 5.06. The number of hydrogen-bond donors (Lipinski definition) is 0. The van der Waals surface area contributed by atoms with Crippen LogP contribution in [0.25, 0.3) is 0 Å². The van der Waals surface area contributed by atoms with Gasteiger partial charge < -0.3 is 4.90 Å². The maximum atomic E-state index is 12.4. The molecule has 0 unspecified atom stereocenters. The van der Waals surface area contributed by atoms with Crippen molar-refractivity contribution in [3.63, 3.8) is 0 Å². The second-order valence-corrected chi connectivity index (χ2v) is 8.83. The maximum absolute atomic E-state index is 12.4. The molecule has 1 aromatic rings. The highest BCUT2D eigenvalue weighted by molar-refractivity contribution is 7.91. The van der Waals surface area contributed by atoms with Crippen LogP contribution in [0.2, 0.25) is 0 Å². The SMILES string of the molecule is CN(C(=O)CCCc1ccccc1)[C@H]1CCCC[C@H]1S(C)(=O)=O. The summed E-state index contributed by atoms with van der Waals surface area (Å²) in [7, 11) is -1.35. The first-order valence-corrected chi connectivity index (χ1v) is 10.3. The van der Waals surface area contributed by atoms with Crippen molar-refractivity contribution in [2.45, 2.75) is 56.2 Å². The van der Waals surface area contributed by atoms with Crippen LogP contribution in [0, 0.1) is 0 Å². The van der Waals surface area contributed by atoms with E-state index in [0.717, 1.165) is 32.1 Å². The molecule has 128 valence electrons. The number of aryl methyl sites for hydroxylation is 1. The molecule has 1 aromatic carbocycles. The van der Waals surface area contributed by atoms with E-state index in [4.69, 9.17) is 0 Å². The van der Waals surface area contributed by atoms with E-state index in [9.17, 15) is 13.2 Å². The Morgan fingerprint density at radius 2 is 1.83 bits per heavy atom. The Morgan fingerprint density at radius 3 is 2.48 bits per heavy atom. The predicted molar refractivity (Wildman–Crippen MR) is 93.0 cm³/mol. The van der Waals surface area contributed by atoms with E-state index in [1.807, 2.05) is 18.2 Å². The van der Waals surface area contributed by atoms with E-state index in [0.29, 0.717) is 12.8 Å². The summed E-state index contributed by atoms with van der Waals surface area (Å²) in [6.45, 7) is 0. The van der Waals surface area contributed by atoms with Crippen LogP contribution in [0.15, 0.2) is 30.3 Å². The first-order chi connectivity index (χ1) is 10.9. The first kappa shape index (κ1) is 18.0. The van der Waals surface area contributed by atoms with E-state index in [2.05, 4.69) is 12.1 Å². The van der Waals surface area contributed by atoms with Crippen molar-refractivity contribution in [2.75, 3.05) is 13.3 Å². The zero-order chi connectivity index (χ0) is 16.9. The molecule has 0 aromatic heterocycles. The molecule has 0 aliphatic heterocycles. The monoisotopic (exact) mass is 337 g/mol. The molecule has 0 heterocycles. The molecule has 2 rings (SSSR count). The van der Waals surface area contributed by atoms with Crippen molar-refractivity contribution in [2.24, 2.45) is 0 Å². The van der Waals surface area contributed by atoms with Crippen molar-refractivity contribution >= 4 is 15.7 Å². The van der Waals surface area contributed by atoms with Gasteiger partial charge in [0, 0.05) is 25.8 Å². The Bertz CT molecular complexity index is 612. The molecule has 0 N–H and O–H groups in total. The molecule has 4 nitrogen and oxygen atoms in total. The highest BCUT2D eigenvalue weighted by atomic mass is 32.2. The molecule has 1 aliphatic carbocycles. The van der Waals surface area contributed by atoms with Crippen LogP contribution in [0.4, 0.5) is 0 Å². The fourth-order valence-corrected chi connectivity index (χ4v) is 4.95. The lowest BCUT2D eigenvalue weighted by Gasteiger charge is -2.37. The van der Waals surface area contributed by atoms with Crippen molar-refractivity contribution in [1.82, 2.24) is 4.90 Å². The van der Waals surface area contributed by atoms with Gasteiger partial charge in [-0.05, 0) is 31.2 Å². The Morgan fingerprint density at radius 1 is 1.17 bits per heavy atom. The van der Waals surface area contributed by atoms with Crippen LogP contribution >= 0.6 is 0 Å². The van der Waals surface area contributed by atoms with E-state index >= 15 is 0 Å². The number of amides is 1. The highest BCUT2D eigenvalue weighted by Gasteiger charge is 2.36. The quantitative estimate of drug-likeness (QED) is 0.802. The lowest BCUT2D eigenvalue weighted by Crippen LogP contribution is -2.49. The lowest BCUT2D eigenvalue weighted by molar-refractivity contribution is -0.132. The van der Waals surface area contributed by atoms with Crippen molar-refractivity contribution in [3.8, 4) is 0 Å². The average Bonchev–Trinajstić information content (AvgIpc) is 2.54. The van der Waals surface area contributed by atoms with Crippen LogP contribution in [0.3, 0.4) is 0 Å². The minimum atomic E-state index is -3.11. The van der Waals surface area contributed by atoms with Gasteiger partial charge in [0.15, 0.2) is 9.84 Å². The molecule has 1 fully saturated rings. The lowest BCUT2D eigenvalue weighted by atomic mass is 9.93. The van der Waals surface area contributed by atoms with Gasteiger partial charge in [-0.2, -0.15) is 0 Å². The van der Waals surface area contributed by atoms with Crippen LogP contribution < -0.4 is 0 Å². The summed E-state index contributed by atoms with van der Waals surface area (Å²) >= 11 is 0. The molecular formula is C18H27NO3S. The topological polar surface area (TPSA) is 54.5 Å². The fourth-order valence-electron chi connectivity index (χ4n) is 3.47. The second-order valence-electron chi connectivity index (χ2n) is 6.56. The molecule has 0 saturated heterocycles. The number of benzene rings is 1. The van der Waals surface area contributed by atoms with Crippen LogP contribution in [-0.4, -0.2) is 43.8 Å². The predicted octanol–water partition coefficient (Wildman–Crippen LogP) is 2.82. The normalized spacial score (nSPS) is 21.8. The Hall–Kier alpha value is -1.36. The minimum Gasteiger partial charge on any atom is -0.341 e. The summed E-state index contributed by atoms with van der Waals surface area (Å²) in [6, 6.07) is 9.95. The van der Waals surface area contributed by atoms with Crippen LogP contribution in [0.1, 0.15) is 44.1 Å². The number of sulfone groups is 1. The van der Waals surface area contributed by atoms with Gasteiger partial charge in [-0.1, -0.05) is 43.2 Å². The molecule has 0 radical (unpaired) electrons. The van der Waals surface area contributed by atoms with E-state index in [1.165, 1.54) is 11.8 Å². The number of nitrogens with zero attached hydrogens (tertiary/aromatic N) is 1. The van der Waals surface area contributed by atoms with Gasteiger partial charge in [0.2, 0.25) is 5.91 Å². The largest absolute Gasteiger partial charge is 0.341 e. The summed E-state index contributed by atoms with van der Waals surface area (Å²) in [4.78, 5) is 14.1. The molecule has 1 saturated carbocycles. The Labute approximate surface area is 139 Å². The van der Waals surface area contributed by atoms with Gasteiger partial charge in [0.05, 0.1) is 5.25 Å². The summed E-state index contributed by atoms with van der Waals surface area (Å²) in [5.41, 5.74) is 1.23. The molecule has 23 heavy (non-hydrogen) atoms. The van der Waals surface area contributed by atoms with Crippen LogP contribution in [-0.2, 0) is 21.1 Å². The second kappa shape index (κ2) is 7.95. The zero-order valence-electron chi connectivity index (χ0n) is 14.1. The van der Waals surface area contributed by atoms with Gasteiger partial charge in [-0.3, -0.25) is 4.79 Å². The number of carbonyl (C=O) groups is 1. The van der Waals surface area contributed by atoms with Gasteiger partial charge in [-0.25, -0.2) is 8.42 Å². The summed E-state index contributed by atoms with van der Waals surface area (Å²) in [5.74, 6) is 0.0569. The Balaban J connectivity index is 1.90. The average molecular weight is 337 g/mol. The Kier molecular flexibility index (Phi) is 6.22. The molecular weight excluding hydrogens is 310 g/mol. The smallest absolute Gasteiger partial charge is 0.222 e. The summed E-state index contributed by atoms with van der Waals surface area (Å²) in [6.07, 6.45) is 6.83. The number of carbonyl (C=O) groups excluding carboxylic acids is 1. The third-order valence-electron chi connectivity index (χ3n) is 4.81. The first-order valence-electron chi connectivity index (χ1n) is 8.38. The molecule has 0 bridgehead atoms. The van der Waals surface area contributed by atoms with E-state index in [1.54, 1.807) is 11.9 Å². The highest BCUT2D eigenvalue weighted by Crippen LogP contribution is 2.28. The molecule has 1 amide bonds. The number of hydrogen-bond acceptors (Lipinski definition) is 3. The summed E-state index contributed by atoms with van der Waals surface area (Å²) < 4.78 is 24.0. The zero-order valence-corrected chi connectivity index (χ0v) is 14.9. The van der Waals surface area contributed by atoms with Gasteiger partial charge in [0.1, 0.15) is 0 Å². The molecule has 1 aliphatic rings.